The molecule has 0 amide bonds. The number of aryl methyl sites for hydroxylation is 2. The summed E-state index contributed by atoms with van der Waals surface area (Å²) < 4.78 is 3.46. The zero-order chi connectivity index (χ0) is 14.8. The van der Waals surface area contributed by atoms with E-state index in [1.165, 1.54) is 0 Å². The van der Waals surface area contributed by atoms with Crippen LogP contribution in [0.25, 0.3) is 11.4 Å². The van der Waals surface area contributed by atoms with Gasteiger partial charge in [-0.15, -0.1) is 5.10 Å². The lowest BCUT2D eigenvalue weighted by Crippen LogP contribution is -2.06. The number of tetrazole rings is 1. The first-order chi connectivity index (χ1) is 10.1. The SMILES string of the molecule is CC(Nc1cccc(-c2nnnn2C)c1)c1cnn(C)c1. The van der Waals surface area contributed by atoms with Gasteiger partial charge in [0.2, 0.25) is 0 Å². The minimum atomic E-state index is 0.173. The summed E-state index contributed by atoms with van der Waals surface area (Å²) in [5.41, 5.74) is 3.14. The summed E-state index contributed by atoms with van der Waals surface area (Å²) in [4.78, 5) is 0. The van der Waals surface area contributed by atoms with Crippen LogP contribution >= 0.6 is 0 Å². The number of nitrogens with one attached hydrogen (secondary N) is 1. The standard InChI is InChI=1S/C14H17N7/c1-10(12-8-15-20(2)9-12)16-13-6-4-5-11(7-13)14-17-18-19-21(14)3/h4-10,16H,1-3H3. The van der Waals surface area contributed by atoms with Gasteiger partial charge < -0.3 is 5.32 Å². The van der Waals surface area contributed by atoms with Crippen LogP contribution in [0.2, 0.25) is 0 Å². The molecule has 0 aliphatic carbocycles. The Kier molecular flexibility index (Phi) is 3.39. The van der Waals surface area contributed by atoms with Gasteiger partial charge >= 0.3 is 0 Å². The zero-order valence-corrected chi connectivity index (χ0v) is 12.2. The van der Waals surface area contributed by atoms with Gasteiger partial charge in [-0.25, -0.2) is 4.68 Å². The van der Waals surface area contributed by atoms with E-state index in [9.17, 15) is 0 Å². The van der Waals surface area contributed by atoms with Crippen molar-refractivity contribution < 1.29 is 0 Å². The Morgan fingerprint density at radius 3 is 2.76 bits per heavy atom. The Hall–Kier alpha value is -2.70. The van der Waals surface area contributed by atoms with Gasteiger partial charge in [0.05, 0.1) is 12.2 Å². The Morgan fingerprint density at radius 1 is 1.24 bits per heavy atom. The van der Waals surface area contributed by atoms with Crippen molar-refractivity contribution in [1.82, 2.24) is 30.0 Å². The maximum absolute atomic E-state index is 4.20. The molecule has 1 N–H and O–H groups in total. The average molecular weight is 283 g/mol. The lowest BCUT2D eigenvalue weighted by molar-refractivity contribution is 0.714. The van der Waals surface area contributed by atoms with Crippen LogP contribution in [-0.2, 0) is 14.1 Å². The molecule has 0 radical (unpaired) electrons. The highest BCUT2D eigenvalue weighted by Crippen LogP contribution is 2.23. The van der Waals surface area contributed by atoms with Crippen LogP contribution in [0, 0.1) is 0 Å². The number of hydrogen-bond donors (Lipinski definition) is 1. The van der Waals surface area contributed by atoms with Crippen molar-refractivity contribution in [3.63, 3.8) is 0 Å². The summed E-state index contributed by atoms with van der Waals surface area (Å²) in [6.07, 6.45) is 3.88. The Labute approximate surface area is 122 Å². The van der Waals surface area contributed by atoms with Gasteiger partial charge in [0, 0.05) is 37.1 Å². The van der Waals surface area contributed by atoms with E-state index in [0.717, 1.165) is 22.6 Å². The Bertz CT molecular complexity index is 743. The summed E-state index contributed by atoms with van der Waals surface area (Å²) in [5.74, 6) is 0.743. The van der Waals surface area contributed by atoms with Gasteiger partial charge in [0.25, 0.3) is 0 Å². The lowest BCUT2D eigenvalue weighted by Gasteiger charge is -2.14. The first-order valence-electron chi connectivity index (χ1n) is 6.71. The Morgan fingerprint density at radius 2 is 2.10 bits per heavy atom. The van der Waals surface area contributed by atoms with Crippen molar-refractivity contribution in [1.29, 1.82) is 0 Å². The molecular formula is C14H17N7. The smallest absolute Gasteiger partial charge is 0.181 e. The first-order valence-corrected chi connectivity index (χ1v) is 6.71. The maximum Gasteiger partial charge on any atom is 0.181 e. The van der Waals surface area contributed by atoms with Crippen LogP contribution < -0.4 is 5.32 Å². The molecule has 7 heteroatoms. The third-order valence-corrected chi connectivity index (χ3v) is 3.35. The van der Waals surface area contributed by atoms with Crippen molar-refractivity contribution in [3.8, 4) is 11.4 Å². The van der Waals surface area contributed by atoms with Crippen molar-refractivity contribution in [3.05, 3.63) is 42.2 Å². The molecule has 2 aromatic heterocycles. The third kappa shape index (κ3) is 2.76. The van der Waals surface area contributed by atoms with E-state index in [0.29, 0.717) is 0 Å². The van der Waals surface area contributed by atoms with Crippen molar-refractivity contribution in [2.24, 2.45) is 14.1 Å². The van der Waals surface area contributed by atoms with Crippen LogP contribution in [0.1, 0.15) is 18.5 Å². The van der Waals surface area contributed by atoms with Gasteiger partial charge in [-0.1, -0.05) is 12.1 Å². The van der Waals surface area contributed by atoms with E-state index in [1.54, 1.807) is 9.36 Å². The van der Waals surface area contributed by atoms with Crippen LogP contribution in [0.4, 0.5) is 5.69 Å². The van der Waals surface area contributed by atoms with Gasteiger partial charge in [-0.05, 0) is 29.5 Å². The highest BCUT2D eigenvalue weighted by Gasteiger charge is 2.10. The highest BCUT2D eigenvalue weighted by atomic mass is 15.5. The number of rotatable bonds is 4. The number of benzene rings is 1. The number of nitrogens with zero attached hydrogens (tertiary/aromatic N) is 6. The fourth-order valence-corrected chi connectivity index (χ4v) is 2.22. The largest absolute Gasteiger partial charge is 0.378 e. The molecule has 0 saturated carbocycles. The fourth-order valence-electron chi connectivity index (χ4n) is 2.22. The second-order valence-corrected chi connectivity index (χ2v) is 5.02. The van der Waals surface area contributed by atoms with Gasteiger partial charge in [-0.2, -0.15) is 5.10 Å². The average Bonchev–Trinajstić information content (AvgIpc) is 3.08. The molecule has 3 rings (SSSR count). The molecule has 7 nitrogen and oxygen atoms in total. The van der Waals surface area contributed by atoms with Crippen molar-refractivity contribution in [2.45, 2.75) is 13.0 Å². The molecule has 21 heavy (non-hydrogen) atoms. The van der Waals surface area contributed by atoms with E-state index < -0.39 is 0 Å². The molecule has 0 spiro atoms. The summed E-state index contributed by atoms with van der Waals surface area (Å²) in [5, 5.41) is 19.2. The highest BCUT2D eigenvalue weighted by molar-refractivity contribution is 5.62. The summed E-state index contributed by atoms with van der Waals surface area (Å²) in [7, 11) is 3.74. The predicted molar refractivity (Wildman–Crippen MR) is 79.5 cm³/mol. The van der Waals surface area contributed by atoms with Gasteiger partial charge in [-0.3, -0.25) is 4.68 Å². The van der Waals surface area contributed by atoms with Gasteiger partial charge in [0.15, 0.2) is 5.82 Å². The molecule has 3 aromatic rings. The topological polar surface area (TPSA) is 73.5 Å². The molecule has 2 heterocycles. The molecule has 1 atom stereocenters. The molecular weight excluding hydrogens is 266 g/mol. The predicted octanol–water partition coefficient (Wildman–Crippen LogP) is 1.78. The van der Waals surface area contributed by atoms with Crippen molar-refractivity contribution in [2.75, 3.05) is 5.32 Å². The third-order valence-electron chi connectivity index (χ3n) is 3.35. The Balaban J connectivity index is 1.82. The number of hydrogen-bond acceptors (Lipinski definition) is 5. The summed E-state index contributed by atoms with van der Waals surface area (Å²) in [6.45, 7) is 2.10. The summed E-state index contributed by atoms with van der Waals surface area (Å²) >= 11 is 0. The van der Waals surface area contributed by atoms with E-state index in [-0.39, 0.29) is 6.04 Å². The molecule has 108 valence electrons. The van der Waals surface area contributed by atoms with Crippen LogP contribution in [0.5, 0.6) is 0 Å². The number of aromatic nitrogens is 6. The van der Waals surface area contributed by atoms with E-state index in [2.05, 4.69) is 32.9 Å². The minimum absolute atomic E-state index is 0.173. The second-order valence-electron chi connectivity index (χ2n) is 5.02. The monoisotopic (exact) mass is 283 g/mol. The summed E-state index contributed by atoms with van der Waals surface area (Å²) in [6, 6.07) is 8.22. The molecule has 0 aliphatic heterocycles. The van der Waals surface area contributed by atoms with Crippen LogP contribution in [-0.4, -0.2) is 30.0 Å². The lowest BCUT2D eigenvalue weighted by atomic mass is 10.1. The van der Waals surface area contributed by atoms with E-state index in [4.69, 9.17) is 0 Å². The molecule has 0 fully saturated rings. The quantitative estimate of drug-likeness (QED) is 0.790. The van der Waals surface area contributed by atoms with E-state index >= 15 is 0 Å². The number of anilines is 1. The first kappa shape index (κ1) is 13.3. The normalized spacial score (nSPS) is 12.3. The minimum Gasteiger partial charge on any atom is -0.378 e. The fraction of sp³-hybridized carbons (Fsp3) is 0.286. The zero-order valence-electron chi connectivity index (χ0n) is 12.2. The molecule has 1 unspecified atom stereocenters. The molecule has 1 aromatic carbocycles. The van der Waals surface area contributed by atoms with Gasteiger partial charge in [0.1, 0.15) is 0 Å². The molecule has 0 saturated heterocycles. The molecule has 0 bridgehead atoms. The van der Waals surface area contributed by atoms with E-state index in [1.807, 2.05) is 50.8 Å². The van der Waals surface area contributed by atoms with Crippen LogP contribution in [0.3, 0.4) is 0 Å². The molecule has 0 aliphatic rings. The second kappa shape index (κ2) is 5.35. The maximum atomic E-state index is 4.20. The van der Waals surface area contributed by atoms with Crippen LogP contribution in [0.15, 0.2) is 36.7 Å². The van der Waals surface area contributed by atoms with Crippen molar-refractivity contribution >= 4 is 5.69 Å².